The summed E-state index contributed by atoms with van der Waals surface area (Å²) in [6, 6.07) is 6.75. The van der Waals surface area contributed by atoms with Gasteiger partial charge < -0.3 is 21.1 Å². The highest BCUT2D eigenvalue weighted by Crippen LogP contribution is 2.16. The lowest BCUT2D eigenvalue weighted by Crippen LogP contribution is -2.28. The molecule has 0 fully saturated rings. The van der Waals surface area contributed by atoms with E-state index in [9.17, 15) is 9.59 Å². The van der Waals surface area contributed by atoms with Crippen LogP contribution in [0, 0.1) is 5.92 Å². The molecule has 20 heavy (non-hydrogen) atoms. The Labute approximate surface area is 124 Å². The summed E-state index contributed by atoms with van der Waals surface area (Å²) in [5.41, 5.74) is 5.65. The number of amides is 2. The Morgan fingerprint density at radius 3 is 2.40 bits per heavy atom. The van der Waals surface area contributed by atoms with E-state index in [1.807, 2.05) is 6.92 Å². The molecular formula is C13H20ClN3O3. The van der Waals surface area contributed by atoms with E-state index in [1.165, 1.54) is 0 Å². The number of benzene rings is 1. The molecule has 1 atom stereocenters. The molecule has 1 rings (SSSR count). The number of nitrogens with two attached hydrogens (primary N) is 1. The highest BCUT2D eigenvalue weighted by atomic mass is 35.5. The van der Waals surface area contributed by atoms with Crippen molar-refractivity contribution in [2.45, 2.75) is 6.92 Å². The molecular weight excluding hydrogens is 282 g/mol. The predicted molar refractivity (Wildman–Crippen MR) is 80.1 cm³/mol. The van der Waals surface area contributed by atoms with Crippen LogP contribution in [0.3, 0.4) is 0 Å². The van der Waals surface area contributed by atoms with E-state index in [4.69, 9.17) is 10.5 Å². The van der Waals surface area contributed by atoms with Crippen LogP contribution in [0.2, 0.25) is 0 Å². The zero-order valence-electron chi connectivity index (χ0n) is 11.5. The molecule has 6 nitrogen and oxygen atoms in total. The third-order valence-corrected chi connectivity index (χ3v) is 2.46. The topological polar surface area (TPSA) is 93.4 Å². The molecule has 0 aliphatic carbocycles. The van der Waals surface area contributed by atoms with Crippen LogP contribution in [0.5, 0.6) is 5.75 Å². The van der Waals surface area contributed by atoms with Gasteiger partial charge in [0.25, 0.3) is 5.91 Å². The molecule has 7 heteroatoms. The highest BCUT2D eigenvalue weighted by Gasteiger charge is 2.11. The van der Waals surface area contributed by atoms with Crippen molar-refractivity contribution in [1.29, 1.82) is 0 Å². The summed E-state index contributed by atoms with van der Waals surface area (Å²) >= 11 is 0. The zero-order chi connectivity index (χ0) is 14.3. The van der Waals surface area contributed by atoms with Crippen LogP contribution in [-0.2, 0) is 9.59 Å². The van der Waals surface area contributed by atoms with Gasteiger partial charge in [-0.3, -0.25) is 9.59 Å². The second-order valence-electron chi connectivity index (χ2n) is 4.23. The number of anilines is 1. The Kier molecular flexibility index (Phi) is 8.35. The molecule has 0 aliphatic heterocycles. The predicted octanol–water partition coefficient (Wildman–Crippen LogP) is 0.766. The number of carbonyl (C=O) groups is 2. The van der Waals surface area contributed by atoms with Crippen molar-refractivity contribution >= 4 is 29.9 Å². The summed E-state index contributed by atoms with van der Waals surface area (Å²) in [4.78, 5) is 22.3. The lowest BCUT2D eigenvalue weighted by molar-refractivity contribution is -0.120. The van der Waals surface area contributed by atoms with Gasteiger partial charge in [0, 0.05) is 18.2 Å². The second-order valence-corrected chi connectivity index (χ2v) is 4.23. The molecule has 0 aliphatic rings. The first-order chi connectivity index (χ1) is 9.02. The second kappa shape index (κ2) is 9.17. The van der Waals surface area contributed by atoms with E-state index in [0.717, 1.165) is 0 Å². The third-order valence-electron chi connectivity index (χ3n) is 2.46. The number of rotatable bonds is 7. The number of halogens is 1. The van der Waals surface area contributed by atoms with E-state index < -0.39 is 5.91 Å². The fourth-order valence-corrected chi connectivity index (χ4v) is 1.45. The molecule has 112 valence electrons. The zero-order valence-corrected chi connectivity index (χ0v) is 12.3. The molecule has 1 aromatic rings. The number of primary amides is 1. The summed E-state index contributed by atoms with van der Waals surface area (Å²) in [5, 5.41) is 5.74. The van der Waals surface area contributed by atoms with E-state index in [0.29, 0.717) is 18.0 Å². The van der Waals surface area contributed by atoms with Gasteiger partial charge in [-0.2, -0.15) is 0 Å². The number of hydrogen-bond donors (Lipinski definition) is 3. The van der Waals surface area contributed by atoms with Crippen LogP contribution in [-0.4, -0.2) is 32.0 Å². The molecule has 0 heterocycles. The Morgan fingerprint density at radius 2 is 1.90 bits per heavy atom. The van der Waals surface area contributed by atoms with Crippen molar-refractivity contribution in [2.75, 3.05) is 25.5 Å². The van der Waals surface area contributed by atoms with Crippen LogP contribution < -0.4 is 21.1 Å². The fourth-order valence-electron chi connectivity index (χ4n) is 1.45. The smallest absolute Gasteiger partial charge is 0.255 e. The van der Waals surface area contributed by atoms with E-state index in [2.05, 4.69) is 10.6 Å². The van der Waals surface area contributed by atoms with Gasteiger partial charge in [0.1, 0.15) is 5.75 Å². The van der Waals surface area contributed by atoms with Gasteiger partial charge in [-0.05, 0) is 31.3 Å². The standard InChI is InChI=1S/C13H19N3O3.ClH/c1-9(7-15-2)13(18)16-10-3-5-11(6-4-10)19-8-12(14)17;/h3-6,9,15H,7-8H2,1-2H3,(H2,14,17)(H,16,18);1H. The summed E-state index contributed by atoms with van der Waals surface area (Å²) in [6.45, 7) is 2.30. The van der Waals surface area contributed by atoms with Crippen molar-refractivity contribution in [2.24, 2.45) is 11.7 Å². The molecule has 0 spiro atoms. The number of hydrogen-bond acceptors (Lipinski definition) is 4. The van der Waals surface area contributed by atoms with Gasteiger partial charge in [0.15, 0.2) is 6.61 Å². The average Bonchev–Trinajstić information content (AvgIpc) is 2.38. The van der Waals surface area contributed by atoms with Gasteiger partial charge in [0.05, 0.1) is 0 Å². The number of ether oxygens (including phenoxy) is 1. The number of carbonyl (C=O) groups excluding carboxylic acids is 2. The Bertz CT molecular complexity index is 437. The van der Waals surface area contributed by atoms with Crippen molar-refractivity contribution in [3.8, 4) is 5.75 Å². The molecule has 0 radical (unpaired) electrons. The first-order valence-corrected chi connectivity index (χ1v) is 5.99. The average molecular weight is 302 g/mol. The molecule has 4 N–H and O–H groups in total. The molecule has 0 aromatic heterocycles. The van der Waals surface area contributed by atoms with E-state index in [-0.39, 0.29) is 30.8 Å². The first kappa shape index (κ1) is 18.2. The maximum atomic E-state index is 11.8. The SMILES string of the molecule is CNCC(C)C(=O)Nc1ccc(OCC(N)=O)cc1.Cl. The Hall–Kier alpha value is -1.79. The fraction of sp³-hybridized carbons (Fsp3) is 0.385. The lowest BCUT2D eigenvalue weighted by atomic mass is 10.1. The minimum atomic E-state index is -0.529. The van der Waals surface area contributed by atoms with Crippen molar-refractivity contribution < 1.29 is 14.3 Å². The van der Waals surface area contributed by atoms with Crippen molar-refractivity contribution in [3.63, 3.8) is 0 Å². The minimum absolute atomic E-state index is 0. The first-order valence-electron chi connectivity index (χ1n) is 5.99. The molecule has 1 aromatic carbocycles. The van der Waals surface area contributed by atoms with Crippen molar-refractivity contribution in [1.82, 2.24) is 5.32 Å². The maximum Gasteiger partial charge on any atom is 0.255 e. The molecule has 0 bridgehead atoms. The van der Waals surface area contributed by atoms with Gasteiger partial charge in [-0.1, -0.05) is 6.92 Å². The highest BCUT2D eigenvalue weighted by molar-refractivity contribution is 5.92. The van der Waals surface area contributed by atoms with E-state index >= 15 is 0 Å². The largest absolute Gasteiger partial charge is 0.484 e. The van der Waals surface area contributed by atoms with Crippen LogP contribution >= 0.6 is 12.4 Å². The molecule has 0 saturated carbocycles. The van der Waals surface area contributed by atoms with Crippen LogP contribution in [0.25, 0.3) is 0 Å². The quantitative estimate of drug-likeness (QED) is 0.693. The monoisotopic (exact) mass is 301 g/mol. The lowest BCUT2D eigenvalue weighted by Gasteiger charge is -2.12. The molecule has 2 amide bonds. The van der Waals surface area contributed by atoms with Gasteiger partial charge in [-0.15, -0.1) is 12.4 Å². The molecule has 1 unspecified atom stereocenters. The molecule has 0 saturated heterocycles. The Morgan fingerprint density at radius 1 is 1.30 bits per heavy atom. The summed E-state index contributed by atoms with van der Waals surface area (Å²) in [6.07, 6.45) is 0. The van der Waals surface area contributed by atoms with Crippen LogP contribution in [0.1, 0.15) is 6.92 Å². The Balaban J connectivity index is 0.00000361. The van der Waals surface area contributed by atoms with E-state index in [1.54, 1.807) is 31.3 Å². The van der Waals surface area contributed by atoms with Gasteiger partial charge >= 0.3 is 0 Å². The van der Waals surface area contributed by atoms with Crippen LogP contribution in [0.4, 0.5) is 5.69 Å². The van der Waals surface area contributed by atoms with Crippen LogP contribution in [0.15, 0.2) is 24.3 Å². The summed E-state index contributed by atoms with van der Waals surface area (Å²) in [5.74, 6) is -0.172. The number of nitrogens with one attached hydrogen (secondary N) is 2. The normalized spacial score (nSPS) is 11.1. The minimum Gasteiger partial charge on any atom is -0.484 e. The van der Waals surface area contributed by atoms with Gasteiger partial charge in [0.2, 0.25) is 5.91 Å². The van der Waals surface area contributed by atoms with Crippen molar-refractivity contribution in [3.05, 3.63) is 24.3 Å². The maximum absolute atomic E-state index is 11.8. The summed E-state index contributed by atoms with van der Waals surface area (Å²) < 4.78 is 5.12. The third kappa shape index (κ3) is 6.40. The summed E-state index contributed by atoms with van der Waals surface area (Å²) in [7, 11) is 1.80. The van der Waals surface area contributed by atoms with Gasteiger partial charge in [-0.25, -0.2) is 0 Å².